The highest BCUT2D eigenvalue weighted by molar-refractivity contribution is 6.53. The number of carbonyl (C=O) groups excluding carboxylic acids is 2. The molecule has 0 amide bonds. The summed E-state index contributed by atoms with van der Waals surface area (Å²) in [5.41, 5.74) is 4.15. The quantitative estimate of drug-likeness (QED) is 0.664. The molecule has 0 spiro atoms. The Morgan fingerprint density at radius 3 is 2.00 bits per heavy atom. The number of fused-ring (bicyclic) bond motifs is 3. The van der Waals surface area contributed by atoms with Crippen LogP contribution in [0.4, 0.5) is 0 Å². The molecule has 1 aromatic carbocycles. The third-order valence-electron chi connectivity index (χ3n) is 3.48. The standard InChI is InChI=1S/C15H12O3/c1-7-4-5-8(2)11-10(7)13(16)14(17)12-9(3)6-18-15(11)12/h4-6H,1-3H3. The predicted octanol–water partition coefficient (Wildman–Crippen LogP) is 3.25. The summed E-state index contributed by atoms with van der Waals surface area (Å²) in [6.07, 6.45) is 1.53. The van der Waals surface area contributed by atoms with Crippen molar-refractivity contribution < 1.29 is 14.0 Å². The normalized spacial score (nSPS) is 13.5. The molecule has 0 saturated carbocycles. The lowest BCUT2D eigenvalue weighted by molar-refractivity contribution is 0.0814. The number of aryl methyl sites for hydroxylation is 3. The van der Waals surface area contributed by atoms with Gasteiger partial charge in [0.05, 0.1) is 11.8 Å². The highest BCUT2D eigenvalue weighted by Crippen LogP contribution is 2.39. The maximum Gasteiger partial charge on any atom is 0.237 e. The van der Waals surface area contributed by atoms with Crippen molar-refractivity contribution in [2.75, 3.05) is 0 Å². The van der Waals surface area contributed by atoms with Crippen LogP contribution in [0.1, 0.15) is 37.4 Å². The van der Waals surface area contributed by atoms with Crippen molar-refractivity contribution in [1.29, 1.82) is 0 Å². The van der Waals surface area contributed by atoms with Gasteiger partial charge in [-0.3, -0.25) is 9.59 Å². The van der Waals surface area contributed by atoms with Gasteiger partial charge in [0.25, 0.3) is 0 Å². The van der Waals surface area contributed by atoms with Gasteiger partial charge in [0, 0.05) is 11.1 Å². The average molecular weight is 240 g/mol. The summed E-state index contributed by atoms with van der Waals surface area (Å²) in [7, 11) is 0. The number of ketones is 2. The van der Waals surface area contributed by atoms with Crippen LogP contribution in [0.15, 0.2) is 22.8 Å². The van der Waals surface area contributed by atoms with Crippen molar-refractivity contribution in [2.45, 2.75) is 20.8 Å². The van der Waals surface area contributed by atoms with Crippen LogP contribution in [0.3, 0.4) is 0 Å². The lowest BCUT2D eigenvalue weighted by atomic mass is 9.83. The van der Waals surface area contributed by atoms with Crippen molar-refractivity contribution in [3.05, 3.63) is 46.2 Å². The first-order valence-corrected chi connectivity index (χ1v) is 5.80. The maximum absolute atomic E-state index is 12.2. The highest BCUT2D eigenvalue weighted by atomic mass is 16.3. The Hall–Kier alpha value is -2.16. The van der Waals surface area contributed by atoms with Gasteiger partial charge in [-0.25, -0.2) is 0 Å². The summed E-state index contributed by atoms with van der Waals surface area (Å²) in [4.78, 5) is 24.3. The molecule has 90 valence electrons. The van der Waals surface area contributed by atoms with Crippen LogP contribution in [0.25, 0.3) is 11.3 Å². The third-order valence-corrected chi connectivity index (χ3v) is 3.48. The fourth-order valence-corrected chi connectivity index (χ4v) is 2.53. The largest absolute Gasteiger partial charge is 0.463 e. The summed E-state index contributed by atoms with van der Waals surface area (Å²) in [5, 5.41) is 0. The fraction of sp³-hybridized carbons (Fsp3) is 0.200. The predicted molar refractivity (Wildman–Crippen MR) is 67.0 cm³/mol. The van der Waals surface area contributed by atoms with Crippen LogP contribution >= 0.6 is 0 Å². The highest BCUT2D eigenvalue weighted by Gasteiger charge is 2.36. The minimum absolute atomic E-state index is 0.418. The van der Waals surface area contributed by atoms with E-state index in [4.69, 9.17) is 4.42 Å². The van der Waals surface area contributed by atoms with E-state index in [2.05, 4.69) is 0 Å². The molecule has 0 aliphatic heterocycles. The molecule has 1 aliphatic rings. The number of carbonyl (C=O) groups is 2. The van der Waals surface area contributed by atoms with Crippen LogP contribution in [0.2, 0.25) is 0 Å². The molecule has 1 heterocycles. The SMILES string of the molecule is Cc1coc2c1C(=O)C(=O)c1c(C)ccc(C)c1-2. The molecule has 1 aromatic heterocycles. The van der Waals surface area contributed by atoms with Crippen molar-refractivity contribution in [1.82, 2.24) is 0 Å². The number of rotatable bonds is 0. The lowest BCUT2D eigenvalue weighted by Gasteiger charge is -2.18. The Labute approximate surface area is 104 Å². The Morgan fingerprint density at radius 1 is 0.778 bits per heavy atom. The minimum atomic E-state index is -0.461. The molecule has 3 rings (SSSR count). The number of Topliss-reactive ketones (excluding diaryl/α,β-unsaturated/α-hetero) is 2. The topological polar surface area (TPSA) is 47.3 Å². The summed E-state index contributed by atoms with van der Waals surface area (Å²) < 4.78 is 5.49. The summed E-state index contributed by atoms with van der Waals surface area (Å²) in [6, 6.07) is 3.80. The van der Waals surface area contributed by atoms with Crippen molar-refractivity contribution in [2.24, 2.45) is 0 Å². The van der Waals surface area contributed by atoms with Gasteiger partial charge in [-0.15, -0.1) is 0 Å². The Morgan fingerprint density at radius 2 is 1.33 bits per heavy atom. The summed E-state index contributed by atoms with van der Waals surface area (Å²) in [6.45, 7) is 5.54. The number of hydrogen-bond acceptors (Lipinski definition) is 3. The van der Waals surface area contributed by atoms with Crippen molar-refractivity contribution in [3.63, 3.8) is 0 Å². The van der Waals surface area contributed by atoms with E-state index in [0.29, 0.717) is 16.9 Å². The van der Waals surface area contributed by atoms with Gasteiger partial charge < -0.3 is 4.42 Å². The number of benzene rings is 1. The molecule has 3 heteroatoms. The van der Waals surface area contributed by atoms with Crippen molar-refractivity contribution in [3.8, 4) is 11.3 Å². The van der Waals surface area contributed by atoms with Crippen LogP contribution in [0.5, 0.6) is 0 Å². The third kappa shape index (κ3) is 1.19. The molecule has 18 heavy (non-hydrogen) atoms. The zero-order valence-corrected chi connectivity index (χ0v) is 10.5. The monoisotopic (exact) mass is 240 g/mol. The summed E-state index contributed by atoms with van der Waals surface area (Å²) in [5.74, 6) is -0.353. The molecule has 1 aliphatic carbocycles. The number of furan rings is 1. The molecule has 0 bridgehead atoms. The molecule has 0 unspecified atom stereocenters. The first kappa shape index (κ1) is 11.0. The van der Waals surface area contributed by atoms with E-state index in [9.17, 15) is 9.59 Å². The maximum atomic E-state index is 12.2. The van der Waals surface area contributed by atoms with E-state index in [-0.39, 0.29) is 0 Å². The molecule has 0 N–H and O–H groups in total. The van der Waals surface area contributed by atoms with E-state index in [0.717, 1.165) is 22.3 Å². The molecule has 2 aromatic rings. The van der Waals surface area contributed by atoms with Gasteiger partial charge >= 0.3 is 0 Å². The van der Waals surface area contributed by atoms with Gasteiger partial charge in [-0.1, -0.05) is 12.1 Å². The Kier molecular flexibility index (Phi) is 2.08. The van der Waals surface area contributed by atoms with Gasteiger partial charge in [0.2, 0.25) is 11.6 Å². The van der Waals surface area contributed by atoms with Crippen LogP contribution in [0, 0.1) is 20.8 Å². The van der Waals surface area contributed by atoms with Crippen molar-refractivity contribution >= 4 is 11.6 Å². The average Bonchev–Trinajstić information content (AvgIpc) is 2.71. The molecule has 0 fully saturated rings. The fourth-order valence-electron chi connectivity index (χ4n) is 2.53. The minimum Gasteiger partial charge on any atom is -0.463 e. The van der Waals surface area contributed by atoms with Gasteiger partial charge in [-0.2, -0.15) is 0 Å². The second kappa shape index (κ2) is 3.42. The van der Waals surface area contributed by atoms with E-state index in [1.165, 1.54) is 6.26 Å². The zero-order valence-electron chi connectivity index (χ0n) is 10.5. The molecular formula is C15H12O3. The molecule has 0 radical (unpaired) electrons. The van der Waals surface area contributed by atoms with Crippen LogP contribution < -0.4 is 0 Å². The zero-order chi connectivity index (χ0) is 13.0. The van der Waals surface area contributed by atoms with Crippen LogP contribution in [-0.2, 0) is 0 Å². The molecule has 0 saturated heterocycles. The Bertz CT molecular complexity index is 705. The van der Waals surface area contributed by atoms with Gasteiger partial charge in [-0.05, 0) is 37.5 Å². The second-order valence-corrected chi connectivity index (χ2v) is 4.73. The van der Waals surface area contributed by atoms with E-state index in [1.54, 1.807) is 6.92 Å². The smallest absolute Gasteiger partial charge is 0.237 e. The Balaban J connectivity index is 2.49. The molecule has 0 atom stereocenters. The van der Waals surface area contributed by atoms with Gasteiger partial charge in [0.1, 0.15) is 5.76 Å². The summed E-state index contributed by atoms with van der Waals surface area (Å²) >= 11 is 0. The molecular weight excluding hydrogens is 228 g/mol. The first-order chi connectivity index (χ1) is 8.52. The van der Waals surface area contributed by atoms with E-state index in [1.807, 2.05) is 26.0 Å². The lowest BCUT2D eigenvalue weighted by Crippen LogP contribution is -2.22. The van der Waals surface area contributed by atoms with Gasteiger partial charge in [0.15, 0.2) is 0 Å². The molecule has 3 nitrogen and oxygen atoms in total. The van der Waals surface area contributed by atoms with Crippen LogP contribution in [-0.4, -0.2) is 11.6 Å². The number of hydrogen-bond donors (Lipinski definition) is 0. The second-order valence-electron chi connectivity index (χ2n) is 4.73. The van der Waals surface area contributed by atoms with E-state index < -0.39 is 11.6 Å². The van der Waals surface area contributed by atoms with E-state index >= 15 is 0 Å². The first-order valence-electron chi connectivity index (χ1n) is 5.80.